The molecule has 1 saturated heterocycles. The van der Waals surface area contributed by atoms with Crippen LogP contribution in [-0.2, 0) is 4.74 Å². The van der Waals surface area contributed by atoms with Gasteiger partial charge in [-0.2, -0.15) is 0 Å². The van der Waals surface area contributed by atoms with Crippen LogP contribution in [-0.4, -0.2) is 36.8 Å². The van der Waals surface area contributed by atoms with Crippen molar-refractivity contribution in [2.24, 2.45) is 5.92 Å². The highest BCUT2D eigenvalue weighted by atomic mass is 16.5. The topological polar surface area (TPSA) is 58.2 Å². The van der Waals surface area contributed by atoms with E-state index in [1.165, 1.54) is 0 Å². The highest BCUT2D eigenvalue weighted by molar-refractivity contribution is 5.36. The maximum atomic E-state index is 11.5. The van der Waals surface area contributed by atoms with Crippen molar-refractivity contribution < 1.29 is 4.74 Å². The smallest absolute Gasteiger partial charge is 0.290 e. The summed E-state index contributed by atoms with van der Waals surface area (Å²) in [7, 11) is 1.70. The first-order valence-corrected chi connectivity index (χ1v) is 5.09. The van der Waals surface area contributed by atoms with Gasteiger partial charge in [-0.05, 0) is 6.42 Å². The molecule has 1 aromatic heterocycles. The Bertz CT molecular complexity index is 377. The van der Waals surface area contributed by atoms with Gasteiger partial charge in [-0.1, -0.05) is 0 Å². The van der Waals surface area contributed by atoms with Gasteiger partial charge in [-0.3, -0.25) is 4.79 Å². The quantitative estimate of drug-likeness (QED) is 0.775. The average molecular weight is 209 g/mol. The van der Waals surface area contributed by atoms with Crippen molar-refractivity contribution in [1.82, 2.24) is 9.97 Å². The number of hydrogen-bond donors (Lipinski definition) is 1. The number of nitrogens with zero attached hydrogens (tertiary/aromatic N) is 2. The second kappa shape index (κ2) is 4.44. The van der Waals surface area contributed by atoms with Crippen LogP contribution >= 0.6 is 0 Å². The van der Waals surface area contributed by atoms with Gasteiger partial charge in [-0.15, -0.1) is 0 Å². The second-order valence-corrected chi connectivity index (χ2v) is 3.80. The summed E-state index contributed by atoms with van der Waals surface area (Å²) in [4.78, 5) is 20.2. The van der Waals surface area contributed by atoms with E-state index in [2.05, 4.69) is 9.97 Å². The molecule has 1 fully saturated rings. The molecule has 0 aliphatic carbocycles. The maximum absolute atomic E-state index is 11.5. The van der Waals surface area contributed by atoms with Crippen LogP contribution in [0.2, 0.25) is 0 Å². The predicted molar refractivity (Wildman–Crippen MR) is 57.1 cm³/mol. The number of aromatic amines is 1. The lowest BCUT2D eigenvalue weighted by Crippen LogP contribution is -2.28. The molecule has 1 aliphatic rings. The van der Waals surface area contributed by atoms with Gasteiger partial charge in [0.05, 0.1) is 6.61 Å². The Balaban J connectivity index is 2.08. The fourth-order valence-electron chi connectivity index (χ4n) is 1.97. The zero-order valence-electron chi connectivity index (χ0n) is 8.77. The SMILES string of the molecule is COCC1CCN(c2ncc[nH]c2=O)C1. The minimum Gasteiger partial charge on any atom is -0.384 e. The van der Waals surface area contributed by atoms with Gasteiger partial charge < -0.3 is 14.6 Å². The summed E-state index contributed by atoms with van der Waals surface area (Å²) in [6.07, 6.45) is 4.22. The van der Waals surface area contributed by atoms with Gasteiger partial charge in [0.15, 0.2) is 5.82 Å². The van der Waals surface area contributed by atoms with Crippen LogP contribution in [0.3, 0.4) is 0 Å². The Kier molecular flexibility index (Phi) is 3.01. The zero-order chi connectivity index (χ0) is 10.7. The highest BCUT2D eigenvalue weighted by Gasteiger charge is 2.24. The minimum atomic E-state index is -0.115. The summed E-state index contributed by atoms with van der Waals surface area (Å²) in [6, 6.07) is 0. The third kappa shape index (κ3) is 2.18. The molecular weight excluding hydrogens is 194 g/mol. The fourth-order valence-corrected chi connectivity index (χ4v) is 1.97. The standard InChI is InChI=1S/C10H15N3O2/c1-15-7-8-2-5-13(6-8)9-10(14)12-4-3-11-9/h3-4,8H,2,5-7H2,1H3,(H,12,14). The van der Waals surface area contributed by atoms with E-state index < -0.39 is 0 Å². The van der Waals surface area contributed by atoms with Crippen LogP contribution in [0.4, 0.5) is 5.82 Å². The first-order chi connectivity index (χ1) is 7.31. The third-order valence-corrected chi connectivity index (χ3v) is 2.68. The van der Waals surface area contributed by atoms with Gasteiger partial charge in [-0.25, -0.2) is 4.98 Å². The second-order valence-electron chi connectivity index (χ2n) is 3.80. The number of methoxy groups -OCH3 is 1. The molecule has 0 radical (unpaired) electrons. The van der Waals surface area contributed by atoms with Crippen LogP contribution < -0.4 is 10.5 Å². The Morgan fingerprint density at radius 2 is 2.60 bits per heavy atom. The Morgan fingerprint density at radius 3 is 3.33 bits per heavy atom. The van der Waals surface area contributed by atoms with Crippen molar-refractivity contribution in [3.8, 4) is 0 Å². The molecule has 1 N–H and O–H groups in total. The van der Waals surface area contributed by atoms with E-state index in [-0.39, 0.29) is 5.56 Å². The van der Waals surface area contributed by atoms with E-state index in [1.807, 2.05) is 4.90 Å². The van der Waals surface area contributed by atoms with Crippen LogP contribution in [0, 0.1) is 5.92 Å². The monoisotopic (exact) mass is 209 g/mol. The molecule has 5 nitrogen and oxygen atoms in total. The van der Waals surface area contributed by atoms with Crippen molar-refractivity contribution >= 4 is 5.82 Å². The minimum absolute atomic E-state index is 0.115. The van der Waals surface area contributed by atoms with E-state index in [1.54, 1.807) is 19.5 Å². The molecule has 2 heterocycles. The van der Waals surface area contributed by atoms with Crippen molar-refractivity contribution in [1.29, 1.82) is 0 Å². The van der Waals surface area contributed by atoms with E-state index >= 15 is 0 Å². The van der Waals surface area contributed by atoms with Crippen molar-refractivity contribution in [2.75, 3.05) is 31.7 Å². The van der Waals surface area contributed by atoms with Crippen LogP contribution in [0.5, 0.6) is 0 Å². The Labute approximate surface area is 88.1 Å². The average Bonchev–Trinajstić information content (AvgIpc) is 2.68. The zero-order valence-corrected chi connectivity index (χ0v) is 8.77. The number of H-pyrrole nitrogens is 1. The Morgan fingerprint density at radius 1 is 1.73 bits per heavy atom. The molecule has 0 bridgehead atoms. The molecule has 0 saturated carbocycles. The lowest BCUT2D eigenvalue weighted by Gasteiger charge is -2.15. The number of rotatable bonds is 3. The largest absolute Gasteiger partial charge is 0.384 e. The molecular formula is C10H15N3O2. The summed E-state index contributed by atoms with van der Waals surface area (Å²) in [6.45, 7) is 2.49. The van der Waals surface area contributed by atoms with E-state index in [9.17, 15) is 4.79 Å². The van der Waals surface area contributed by atoms with Gasteiger partial charge in [0, 0.05) is 38.5 Å². The lowest BCUT2D eigenvalue weighted by molar-refractivity contribution is 0.161. The fraction of sp³-hybridized carbons (Fsp3) is 0.600. The summed E-state index contributed by atoms with van der Waals surface area (Å²) in [5.41, 5.74) is -0.115. The van der Waals surface area contributed by atoms with Gasteiger partial charge in [0.1, 0.15) is 0 Å². The first-order valence-electron chi connectivity index (χ1n) is 5.09. The molecule has 0 amide bonds. The van der Waals surface area contributed by atoms with Crippen molar-refractivity contribution in [3.63, 3.8) is 0 Å². The van der Waals surface area contributed by atoms with E-state index in [4.69, 9.17) is 4.74 Å². The molecule has 2 rings (SSSR count). The number of anilines is 1. The molecule has 0 spiro atoms. The van der Waals surface area contributed by atoms with Crippen molar-refractivity contribution in [2.45, 2.75) is 6.42 Å². The molecule has 1 atom stereocenters. The van der Waals surface area contributed by atoms with Crippen LogP contribution in [0.15, 0.2) is 17.2 Å². The first kappa shape index (κ1) is 10.2. The number of hydrogen-bond acceptors (Lipinski definition) is 4. The van der Waals surface area contributed by atoms with Gasteiger partial charge in [0.2, 0.25) is 0 Å². The summed E-state index contributed by atoms with van der Waals surface area (Å²) < 4.78 is 5.11. The lowest BCUT2D eigenvalue weighted by atomic mass is 10.1. The normalized spacial score (nSPS) is 20.9. The predicted octanol–water partition coefficient (Wildman–Crippen LogP) is 0.243. The number of ether oxygens (including phenoxy) is 1. The van der Waals surface area contributed by atoms with Crippen LogP contribution in [0.1, 0.15) is 6.42 Å². The third-order valence-electron chi connectivity index (χ3n) is 2.68. The van der Waals surface area contributed by atoms with Gasteiger partial charge in [0.25, 0.3) is 5.56 Å². The van der Waals surface area contributed by atoms with E-state index in [0.29, 0.717) is 11.7 Å². The summed E-state index contributed by atoms with van der Waals surface area (Å²) >= 11 is 0. The maximum Gasteiger partial charge on any atom is 0.290 e. The molecule has 1 aliphatic heterocycles. The van der Waals surface area contributed by atoms with Crippen LogP contribution in [0.25, 0.3) is 0 Å². The molecule has 5 heteroatoms. The van der Waals surface area contributed by atoms with Gasteiger partial charge >= 0.3 is 0 Å². The molecule has 1 unspecified atom stereocenters. The number of aromatic nitrogens is 2. The Hall–Kier alpha value is -1.36. The molecule has 0 aromatic carbocycles. The highest BCUT2D eigenvalue weighted by Crippen LogP contribution is 2.19. The summed E-state index contributed by atoms with van der Waals surface area (Å²) in [5.74, 6) is 1.03. The van der Waals surface area contributed by atoms with Crippen molar-refractivity contribution in [3.05, 3.63) is 22.7 Å². The molecule has 15 heavy (non-hydrogen) atoms. The molecule has 82 valence electrons. The summed E-state index contributed by atoms with van der Waals surface area (Å²) in [5, 5.41) is 0. The molecule has 1 aromatic rings. The van der Waals surface area contributed by atoms with E-state index in [0.717, 1.165) is 26.1 Å². The number of nitrogens with one attached hydrogen (secondary N) is 1.